The SMILES string of the molecule is CCNC(=NCc1ccc(-n2ccnc2)c(F)c1)NCc1ccc(C(=O)N(C)C)cc1.I. The Morgan fingerprint density at radius 2 is 1.84 bits per heavy atom. The fourth-order valence-electron chi connectivity index (χ4n) is 2.98. The lowest BCUT2D eigenvalue weighted by molar-refractivity contribution is 0.0827. The number of carbonyl (C=O) groups excluding carboxylic acids is 1. The van der Waals surface area contributed by atoms with Gasteiger partial charge in [-0.25, -0.2) is 14.4 Å². The topological polar surface area (TPSA) is 74.5 Å². The summed E-state index contributed by atoms with van der Waals surface area (Å²) in [6.07, 6.45) is 4.87. The third kappa shape index (κ3) is 6.78. The quantitative estimate of drug-likeness (QED) is 0.268. The molecule has 1 heterocycles. The molecule has 0 unspecified atom stereocenters. The molecule has 1 amide bonds. The molecule has 32 heavy (non-hydrogen) atoms. The van der Waals surface area contributed by atoms with Gasteiger partial charge in [0.2, 0.25) is 0 Å². The average Bonchev–Trinajstić information content (AvgIpc) is 3.30. The van der Waals surface area contributed by atoms with Gasteiger partial charge in [0.05, 0.1) is 18.6 Å². The molecule has 0 saturated heterocycles. The van der Waals surface area contributed by atoms with E-state index in [0.29, 0.717) is 36.8 Å². The van der Waals surface area contributed by atoms with Crippen LogP contribution in [0.2, 0.25) is 0 Å². The number of hydrogen-bond acceptors (Lipinski definition) is 3. The Morgan fingerprint density at radius 3 is 2.44 bits per heavy atom. The number of carbonyl (C=O) groups is 1. The van der Waals surface area contributed by atoms with Gasteiger partial charge in [-0.15, -0.1) is 24.0 Å². The lowest BCUT2D eigenvalue weighted by atomic mass is 10.1. The van der Waals surface area contributed by atoms with Crippen molar-refractivity contribution in [1.29, 1.82) is 0 Å². The Balaban J connectivity index is 0.00000363. The first-order valence-corrected chi connectivity index (χ1v) is 10.1. The van der Waals surface area contributed by atoms with Crippen LogP contribution in [0.4, 0.5) is 4.39 Å². The second kappa shape index (κ2) is 12.2. The Morgan fingerprint density at radius 1 is 1.12 bits per heavy atom. The maximum absolute atomic E-state index is 14.4. The predicted molar refractivity (Wildman–Crippen MR) is 135 cm³/mol. The van der Waals surface area contributed by atoms with Crippen LogP contribution in [0.15, 0.2) is 66.2 Å². The van der Waals surface area contributed by atoms with Crippen LogP contribution in [0.3, 0.4) is 0 Å². The molecule has 2 aromatic carbocycles. The van der Waals surface area contributed by atoms with Crippen LogP contribution in [0.25, 0.3) is 5.69 Å². The molecule has 0 radical (unpaired) electrons. The van der Waals surface area contributed by atoms with Crippen LogP contribution in [0.5, 0.6) is 0 Å². The summed E-state index contributed by atoms with van der Waals surface area (Å²) in [6.45, 7) is 3.58. The van der Waals surface area contributed by atoms with Crippen LogP contribution in [-0.2, 0) is 13.1 Å². The first-order chi connectivity index (χ1) is 15.0. The molecule has 0 aliphatic heterocycles. The van der Waals surface area contributed by atoms with E-state index >= 15 is 0 Å². The van der Waals surface area contributed by atoms with Gasteiger partial charge in [0.15, 0.2) is 5.96 Å². The molecular weight excluding hydrogens is 522 g/mol. The number of guanidine groups is 1. The van der Waals surface area contributed by atoms with Gasteiger partial charge in [-0.3, -0.25) is 4.79 Å². The second-order valence-electron chi connectivity index (χ2n) is 7.20. The van der Waals surface area contributed by atoms with Crippen molar-refractivity contribution in [2.45, 2.75) is 20.0 Å². The summed E-state index contributed by atoms with van der Waals surface area (Å²) in [5.74, 6) is 0.284. The molecule has 0 atom stereocenters. The van der Waals surface area contributed by atoms with E-state index in [0.717, 1.165) is 11.1 Å². The summed E-state index contributed by atoms with van der Waals surface area (Å²) >= 11 is 0. The van der Waals surface area contributed by atoms with E-state index in [1.807, 2.05) is 37.3 Å². The summed E-state index contributed by atoms with van der Waals surface area (Å²) < 4.78 is 16.1. The standard InChI is InChI=1S/C23H27FN6O.HI/c1-4-26-23(27-14-17-5-8-19(9-6-17)22(31)29(2)3)28-15-18-7-10-21(20(24)13-18)30-12-11-25-16-30;/h5-13,16H,4,14-15H2,1-3H3,(H2,26,27,28);1H. The number of imidazole rings is 1. The van der Waals surface area contributed by atoms with E-state index in [4.69, 9.17) is 0 Å². The Bertz CT molecular complexity index is 1040. The molecule has 3 rings (SSSR count). The smallest absolute Gasteiger partial charge is 0.253 e. The van der Waals surface area contributed by atoms with E-state index in [2.05, 4.69) is 20.6 Å². The maximum atomic E-state index is 14.4. The molecule has 0 aliphatic carbocycles. The minimum Gasteiger partial charge on any atom is -0.357 e. The van der Waals surface area contributed by atoms with Gasteiger partial charge in [0.25, 0.3) is 5.91 Å². The lowest BCUT2D eigenvalue weighted by Gasteiger charge is -2.13. The molecule has 0 aliphatic rings. The lowest BCUT2D eigenvalue weighted by Crippen LogP contribution is -2.36. The van der Waals surface area contributed by atoms with Crippen molar-refractivity contribution in [2.24, 2.45) is 4.99 Å². The fourth-order valence-corrected chi connectivity index (χ4v) is 2.98. The number of benzene rings is 2. The zero-order chi connectivity index (χ0) is 22.2. The van der Waals surface area contributed by atoms with Gasteiger partial charge >= 0.3 is 0 Å². The zero-order valence-corrected chi connectivity index (χ0v) is 20.7. The molecular formula is C23H28FIN6O. The summed E-state index contributed by atoms with van der Waals surface area (Å²) in [4.78, 5) is 22.0. The van der Waals surface area contributed by atoms with Crippen LogP contribution < -0.4 is 10.6 Å². The minimum absolute atomic E-state index is 0. The molecule has 2 N–H and O–H groups in total. The number of hydrogen-bond donors (Lipinski definition) is 2. The second-order valence-corrected chi connectivity index (χ2v) is 7.20. The van der Waals surface area contributed by atoms with Crippen molar-refractivity contribution in [3.05, 3.63) is 83.7 Å². The van der Waals surface area contributed by atoms with Gasteiger partial charge in [-0.1, -0.05) is 18.2 Å². The monoisotopic (exact) mass is 550 g/mol. The molecule has 0 spiro atoms. The zero-order valence-electron chi connectivity index (χ0n) is 18.4. The molecule has 170 valence electrons. The summed E-state index contributed by atoms with van der Waals surface area (Å²) in [6, 6.07) is 12.5. The highest BCUT2D eigenvalue weighted by Crippen LogP contribution is 2.15. The third-order valence-corrected chi connectivity index (χ3v) is 4.63. The van der Waals surface area contributed by atoms with Gasteiger partial charge in [0, 0.05) is 45.1 Å². The van der Waals surface area contributed by atoms with Gasteiger partial charge in [-0.05, 0) is 42.3 Å². The van der Waals surface area contributed by atoms with Gasteiger partial charge in [0.1, 0.15) is 5.82 Å². The van der Waals surface area contributed by atoms with Gasteiger partial charge < -0.3 is 20.1 Å². The van der Waals surface area contributed by atoms with Crippen molar-refractivity contribution in [2.75, 3.05) is 20.6 Å². The molecule has 7 nitrogen and oxygen atoms in total. The van der Waals surface area contributed by atoms with Crippen molar-refractivity contribution >= 4 is 35.8 Å². The number of nitrogens with zero attached hydrogens (tertiary/aromatic N) is 4. The number of aliphatic imine (C=N–C) groups is 1. The molecule has 3 aromatic rings. The Labute approximate surface area is 204 Å². The highest BCUT2D eigenvalue weighted by Gasteiger charge is 2.08. The third-order valence-electron chi connectivity index (χ3n) is 4.63. The van der Waals surface area contributed by atoms with Crippen molar-refractivity contribution in [1.82, 2.24) is 25.1 Å². The number of nitrogens with one attached hydrogen (secondary N) is 2. The largest absolute Gasteiger partial charge is 0.357 e. The van der Waals surface area contributed by atoms with Crippen molar-refractivity contribution in [3.63, 3.8) is 0 Å². The number of halogens is 2. The molecule has 0 fully saturated rings. The van der Waals surface area contributed by atoms with Crippen LogP contribution in [-0.4, -0.2) is 47.0 Å². The van der Waals surface area contributed by atoms with Crippen molar-refractivity contribution in [3.8, 4) is 5.69 Å². The minimum atomic E-state index is -0.323. The van der Waals surface area contributed by atoms with E-state index in [9.17, 15) is 9.18 Å². The Kier molecular flexibility index (Phi) is 9.63. The van der Waals surface area contributed by atoms with E-state index < -0.39 is 0 Å². The Hall–Kier alpha value is -2.95. The first kappa shape index (κ1) is 25.3. The molecule has 0 bridgehead atoms. The molecule has 0 saturated carbocycles. The van der Waals surface area contributed by atoms with E-state index in [1.165, 1.54) is 6.07 Å². The first-order valence-electron chi connectivity index (χ1n) is 10.1. The highest BCUT2D eigenvalue weighted by molar-refractivity contribution is 14.0. The highest BCUT2D eigenvalue weighted by atomic mass is 127. The van der Waals surface area contributed by atoms with E-state index in [1.54, 1.807) is 48.3 Å². The maximum Gasteiger partial charge on any atom is 0.253 e. The fraction of sp³-hybridized carbons (Fsp3) is 0.261. The molecule has 1 aromatic heterocycles. The predicted octanol–water partition coefficient (Wildman–Crippen LogP) is 3.59. The van der Waals surface area contributed by atoms with Crippen LogP contribution in [0.1, 0.15) is 28.4 Å². The number of rotatable bonds is 7. The normalized spacial score (nSPS) is 10.9. The summed E-state index contributed by atoms with van der Waals surface area (Å²) in [7, 11) is 3.46. The summed E-state index contributed by atoms with van der Waals surface area (Å²) in [5.41, 5.74) is 2.89. The van der Waals surface area contributed by atoms with Crippen LogP contribution >= 0.6 is 24.0 Å². The average molecular weight is 550 g/mol. The molecule has 9 heteroatoms. The number of aromatic nitrogens is 2. The van der Waals surface area contributed by atoms with Crippen molar-refractivity contribution < 1.29 is 9.18 Å². The summed E-state index contributed by atoms with van der Waals surface area (Å²) in [5, 5.41) is 6.45. The van der Waals surface area contributed by atoms with Crippen LogP contribution in [0, 0.1) is 5.82 Å². The van der Waals surface area contributed by atoms with Gasteiger partial charge in [-0.2, -0.15) is 0 Å². The number of amides is 1. The van der Waals surface area contributed by atoms with E-state index in [-0.39, 0.29) is 35.7 Å².